The Labute approximate surface area is 137 Å². The minimum absolute atomic E-state index is 0.0213. The van der Waals surface area contributed by atoms with E-state index in [9.17, 15) is 4.79 Å². The Morgan fingerprint density at radius 2 is 2.00 bits per heavy atom. The van der Waals surface area contributed by atoms with Crippen LogP contribution < -0.4 is 5.32 Å². The number of carbonyl (C=O) groups excluding carboxylic acids is 1. The van der Waals surface area contributed by atoms with Gasteiger partial charge >= 0.3 is 6.03 Å². The highest BCUT2D eigenvalue weighted by molar-refractivity contribution is 5.75. The van der Waals surface area contributed by atoms with Gasteiger partial charge in [-0.2, -0.15) is 0 Å². The van der Waals surface area contributed by atoms with E-state index in [1.54, 1.807) is 12.4 Å². The molecule has 0 radical (unpaired) electrons. The van der Waals surface area contributed by atoms with Gasteiger partial charge in [0.1, 0.15) is 0 Å². The maximum atomic E-state index is 12.8. The number of urea groups is 1. The summed E-state index contributed by atoms with van der Waals surface area (Å²) < 4.78 is 2.23. The van der Waals surface area contributed by atoms with E-state index >= 15 is 0 Å². The molecule has 1 unspecified atom stereocenters. The predicted octanol–water partition coefficient (Wildman–Crippen LogP) is 3.19. The number of nitrogens with one attached hydrogen (secondary N) is 1. The quantitative estimate of drug-likeness (QED) is 0.942. The minimum Gasteiger partial charge on any atom is -0.348 e. The average Bonchev–Trinajstić information content (AvgIpc) is 3.08. The van der Waals surface area contributed by atoms with Crippen LogP contribution in [-0.4, -0.2) is 33.1 Å². The van der Waals surface area contributed by atoms with Crippen LogP contribution in [0.15, 0.2) is 42.9 Å². The molecule has 122 valence electrons. The molecule has 0 bridgehead atoms. The van der Waals surface area contributed by atoms with Crippen LogP contribution in [0.1, 0.15) is 44.0 Å². The number of nitrogens with zero attached hydrogens (tertiary/aromatic N) is 3. The second-order valence-corrected chi connectivity index (χ2v) is 5.97. The summed E-state index contributed by atoms with van der Waals surface area (Å²) >= 11 is 0. The molecule has 5 nitrogen and oxygen atoms in total. The van der Waals surface area contributed by atoms with Gasteiger partial charge in [-0.25, -0.2) is 4.79 Å². The van der Waals surface area contributed by atoms with Gasteiger partial charge in [0.2, 0.25) is 0 Å². The zero-order valence-electron chi connectivity index (χ0n) is 13.8. The summed E-state index contributed by atoms with van der Waals surface area (Å²) in [5.74, 6) is 0. The van der Waals surface area contributed by atoms with Gasteiger partial charge in [-0.05, 0) is 42.7 Å². The standard InChI is InChI=1S/C18H24N4O/c1-3-15(4-2)20-18(23)22-13-12-21-11-5-6-16(21)17(22)14-7-9-19-10-8-14/h5-11,15,17H,3-4,12-13H2,1-2H3,(H,20,23). The maximum absolute atomic E-state index is 12.8. The zero-order valence-corrected chi connectivity index (χ0v) is 13.8. The van der Waals surface area contributed by atoms with Gasteiger partial charge in [-0.3, -0.25) is 4.98 Å². The van der Waals surface area contributed by atoms with Gasteiger partial charge in [-0.1, -0.05) is 13.8 Å². The van der Waals surface area contributed by atoms with Gasteiger partial charge in [0, 0.05) is 43.4 Å². The molecule has 5 heteroatoms. The molecule has 2 aromatic rings. The van der Waals surface area contributed by atoms with E-state index in [2.05, 4.69) is 41.0 Å². The normalized spacial score (nSPS) is 17.2. The molecular weight excluding hydrogens is 288 g/mol. The Morgan fingerprint density at radius 1 is 1.26 bits per heavy atom. The fraction of sp³-hybridized carbons (Fsp3) is 0.444. The molecule has 2 aromatic heterocycles. The largest absolute Gasteiger partial charge is 0.348 e. The number of aromatic nitrogens is 2. The van der Waals surface area contributed by atoms with Gasteiger partial charge < -0.3 is 14.8 Å². The van der Waals surface area contributed by atoms with Crippen LogP contribution in [0.25, 0.3) is 0 Å². The maximum Gasteiger partial charge on any atom is 0.318 e. The SMILES string of the molecule is CCC(CC)NC(=O)N1CCn2cccc2C1c1ccncc1. The number of hydrogen-bond acceptors (Lipinski definition) is 2. The second kappa shape index (κ2) is 6.86. The van der Waals surface area contributed by atoms with Crippen LogP contribution in [-0.2, 0) is 6.54 Å². The molecule has 3 heterocycles. The van der Waals surface area contributed by atoms with Crippen molar-refractivity contribution in [2.24, 2.45) is 0 Å². The van der Waals surface area contributed by atoms with Crippen molar-refractivity contribution in [3.05, 3.63) is 54.1 Å². The Morgan fingerprint density at radius 3 is 2.70 bits per heavy atom. The van der Waals surface area contributed by atoms with Crippen LogP contribution >= 0.6 is 0 Å². The molecule has 0 aliphatic carbocycles. The van der Waals surface area contributed by atoms with E-state index in [1.165, 1.54) is 0 Å². The lowest BCUT2D eigenvalue weighted by atomic mass is 10.0. The summed E-state index contributed by atoms with van der Waals surface area (Å²) in [6.07, 6.45) is 7.56. The summed E-state index contributed by atoms with van der Waals surface area (Å²) in [7, 11) is 0. The molecule has 23 heavy (non-hydrogen) atoms. The highest BCUT2D eigenvalue weighted by atomic mass is 16.2. The lowest BCUT2D eigenvalue weighted by molar-refractivity contribution is 0.164. The molecular formula is C18H24N4O. The predicted molar refractivity (Wildman–Crippen MR) is 90.1 cm³/mol. The fourth-order valence-electron chi connectivity index (χ4n) is 3.25. The van der Waals surface area contributed by atoms with E-state index in [-0.39, 0.29) is 18.1 Å². The van der Waals surface area contributed by atoms with Crippen molar-refractivity contribution in [3.63, 3.8) is 0 Å². The Kier molecular flexibility index (Phi) is 4.65. The first kappa shape index (κ1) is 15.6. The first-order valence-electron chi connectivity index (χ1n) is 8.36. The third kappa shape index (κ3) is 3.09. The van der Waals surface area contributed by atoms with Gasteiger partial charge in [0.05, 0.1) is 6.04 Å². The number of carbonyl (C=O) groups is 1. The highest BCUT2D eigenvalue weighted by Gasteiger charge is 2.32. The monoisotopic (exact) mass is 312 g/mol. The van der Waals surface area contributed by atoms with Crippen LogP contribution in [0.3, 0.4) is 0 Å². The Balaban J connectivity index is 1.91. The molecule has 0 saturated carbocycles. The van der Waals surface area contributed by atoms with Crippen molar-refractivity contribution in [2.75, 3.05) is 6.54 Å². The first-order valence-corrected chi connectivity index (χ1v) is 8.36. The van der Waals surface area contributed by atoms with Crippen molar-refractivity contribution in [2.45, 2.75) is 45.3 Å². The summed E-state index contributed by atoms with van der Waals surface area (Å²) in [6, 6.07) is 8.32. The molecule has 3 rings (SSSR count). The summed E-state index contributed by atoms with van der Waals surface area (Å²) in [5, 5.41) is 3.17. The molecule has 2 amide bonds. The third-order valence-corrected chi connectivity index (χ3v) is 4.63. The van der Waals surface area contributed by atoms with Gasteiger partial charge in [-0.15, -0.1) is 0 Å². The topological polar surface area (TPSA) is 50.2 Å². The number of pyridine rings is 1. The summed E-state index contributed by atoms with van der Waals surface area (Å²) in [5.41, 5.74) is 2.25. The van der Waals surface area contributed by atoms with Crippen molar-refractivity contribution in [1.29, 1.82) is 0 Å². The molecule has 1 aliphatic rings. The number of fused-ring (bicyclic) bond motifs is 1. The van der Waals surface area contributed by atoms with Crippen LogP contribution in [0.2, 0.25) is 0 Å². The van der Waals surface area contributed by atoms with Crippen LogP contribution in [0, 0.1) is 0 Å². The fourth-order valence-corrected chi connectivity index (χ4v) is 3.25. The second-order valence-electron chi connectivity index (χ2n) is 5.97. The van der Waals surface area contributed by atoms with E-state index in [4.69, 9.17) is 0 Å². The smallest absolute Gasteiger partial charge is 0.318 e. The molecule has 1 N–H and O–H groups in total. The minimum atomic E-state index is -0.0592. The van der Waals surface area contributed by atoms with Crippen molar-refractivity contribution >= 4 is 6.03 Å². The van der Waals surface area contributed by atoms with Crippen molar-refractivity contribution < 1.29 is 4.79 Å². The summed E-state index contributed by atoms with van der Waals surface area (Å²) in [6.45, 7) is 5.76. The zero-order chi connectivity index (χ0) is 16.2. The van der Waals surface area contributed by atoms with Crippen molar-refractivity contribution in [3.8, 4) is 0 Å². The van der Waals surface area contributed by atoms with E-state index in [0.29, 0.717) is 6.54 Å². The van der Waals surface area contributed by atoms with Crippen molar-refractivity contribution in [1.82, 2.24) is 19.8 Å². The van der Waals surface area contributed by atoms with E-state index < -0.39 is 0 Å². The van der Waals surface area contributed by atoms with Crippen LogP contribution in [0.5, 0.6) is 0 Å². The molecule has 1 atom stereocenters. The number of rotatable bonds is 4. The number of amides is 2. The molecule has 0 fully saturated rings. The van der Waals surface area contributed by atoms with E-state index in [0.717, 1.165) is 30.6 Å². The average molecular weight is 312 g/mol. The Bertz CT molecular complexity index is 648. The van der Waals surface area contributed by atoms with Gasteiger partial charge in [0.25, 0.3) is 0 Å². The third-order valence-electron chi connectivity index (χ3n) is 4.63. The molecule has 0 aromatic carbocycles. The number of hydrogen-bond donors (Lipinski definition) is 1. The van der Waals surface area contributed by atoms with Crippen LogP contribution in [0.4, 0.5) is 4.79 Å². The molecule has 0 spiro atoms. The lowest BCUT2D eigenvalue weighted by Crippen LogP contribution is -2.49. The van der Waals surface area contributed by atoms with Gasteiger partial charge in [0.15, 0.2) is 0 Å². The lowest BCUT2D eigenvalue weighted by Gasteiger charge is -2.38. The van der Waals surface area contributed by atoms with E-state index in [1.807, 2.05) is 23.1 Å². The molecule has 0 saturated heterocycles. The Hall–Kier alpha value is -2.30. The highest BCUT2D eigenvalue weighted by Crippen LogP contribution is 2.32. The summed E-state index contributed by atoms with van der Waals surface area (Å²) in [4.78, 5) is 18.9. The first-order chi connectivity index (χ1) is 11.2. The molecule has 1 aliphatic heterocycles.